The van der Waals surface area contributed by atoms with Gasteiger partial charge in [-0.25, -0.2) is 0 Å². The molecular formula is C15H19N5. The summed E-state index contributed by atoms with van der Waals surface area (Å²) in [5.41, 5.74) is 9.21. The number of H-pyrrole nitrogens is 2. The first kappa shape index (κ1) is 12.7. The fraction of sp³-hybridized carbons (Fsp3) is 0.267. The zero-order valence-electron chi connectivity index (χ0n) is 11.6. The number of likely N-dealkylation sites (N-methyl/N-ethyl adjacent to an activating group) is 1. The summed E-state index contributed by atoms with van der Waals surface area (Å²) in [5, 5.41) is 8.19. The Hall–Kier alpha value is -2.27. The Morgan fingerprint density at radius 1 is 1.30 bits per heavy atom. The predicted molar refractivity (Wildman–Crippen MR) is 81.3 cm³/mol. The number of benzene rings is 1. The Morgan fingerprint density at radius 3 is 2.95 bits per heavy atom. The van der Waals surface area contributed by atoms with Crippen LogP contribution in [0.15, 0.2) is 36.5 Å². The molecule has 0 aliphatic heterocycles. The second-order valence-corrected chi connectivity index (χ2v) is 5.17. The molecule has 0 aliphatic carbocycles. The maximum atomic E-state index is 5.60. The predicted octanol–water partition coefficient (Wildman–Crippen LogP) is 2.15. The molecule has 0 atom stereocenters. The van der Waals surface area contributed by atoms with Crippen molar-refractivity contribution in [2.75, 3.05) is 19.3 Å². The molecule has 0 amide bonds. The average Bonchev–Trinajstić information content (AvgIpc) is 3.03. The van der Waals surface area contributed by atoms with Crippen LogP contribution in [0.3, 0.4) is 0 Å². The number of aromatic nitrogens is 3. The lowest BCUT2D eigenvalue weighted by molar-refractivity contribution is 0.327. The van der Waals surface area contributed by atoms with Gasteiger partial charge in [0, 0.05) is 36.3 Å². The summed E-state index contributed by atoms with van der Waals surface area (Å²) >= 11 is 0. The minimum atomic E-state index is 0.546. The van der Waals surface area contributed by atoms with Gasteiger partial charge in [-0.15, -0.1) is 0 Å². The van der Waals surface area contributed by atoms with Gasteiger partial charge >= 0.3 is 0 Å². The molecule has 0 fully saturated rings. The van der Waals surface area contributed by atoms with Crippen LogP contribution in [-0.2, 0) is 13.0 Å². The van der Waals surface area contributed by atoms with Gasteiger partial charge in [0.05, 0.1) is 5.69 Å². The number of hydrogen-bond acceptors (Lipinski definition) is 3. The lowest BCUT2D eigenvalue weighted by atomic mass is 10.1. The molecule has 2 heterocycles. The van der Waals surface area contributed by atoms with Crippen LogP contribution in [0.4, 0.5) is 5.82 Å². The molecule has 0 radical (unpaired) electrons. The van der Waals surface area contributed by atoms with E-state index in [1.165, 1.54) is 16.5 Å². The third-order valence-corrected chi connectivity index (χ3v) is 3.53. The van der Waals surface area contributed by atoms with Crippen LogP contribution in [0.5, 0.6) is 0 Å². The molecule has 3 rings (SSSR count). The van der Waals surface area contributed by atoms with Crippen molar-refractivity contribution >= 4 is 16.7 Å². The Bertz CT molecular complexity index is 697. The number of nitrogens with two attached hydrogens (primary N) is 1. The van der Waals surface area contributed by atoms with Crippen molar-refractivity contribution in [1.82, 2.24) is 20.1 Å². The topological polar surface area (TPSA) is 73.7 Å². The molecule has 1 aromatic carbocycles. The number of nitrogens with zero attached hydrogens (tertiary/aromatic N) is 2. The van der Waals surface area contributed by atoms with E-state index < -0.39 is 0 Å². The second kappa shape index (κ2) is 5.38. The molecule has 0 unspecified atom stereocenters. The van der Waals surface area contributed by atoms with Gasteiger partial charge in [-0.3, -0.25) is 5.10 Å². The highest BCUT2D eigenvalue weighted by Gasteiger charge is 2.06. The van der Waals surface area contributed by atoms with E-state index in [9.17, 15) is 0 Å². The van der Waals surface area contributed by atoms with Crippen molar-refractivity contribution in [1.29, 1.82) is 0 Å². The Morgan fingerprint density at radius 2 is 2.15 bits per heavy atom. The fourth-order valence-corrected chi connectivity index (χ4v) is 2.48. The minimum Gasteiger partial charge on any atom is -0.382 e. The smallest absolute Gasteiger partial charge is 0.145 e. The zero-order valence-corrected chi connectivity index (χ0v) is 11.6. The summed E-state index contributed by atoms with van der Waals surface area (Å²) in [7, 11) is 2.10. The van der Waals surface area contributed by atoms with Gasteiger partial charge in [-0.1, -0.05) is 18.2 Å². The van der Waals surface area contributed by atoms with Gasteiger partial charge in [0.25, 0.3) is 0 Å². The van der Waals surface area contributed by atoms with Crippen LogP contribution < -0.4 is 5.73 Å². The number of anilines is 1. The quantitative estimate of drug-likeness (QED) is 0.664. The number of nitrogens with one attached hydrogen (secondary N) is 2. The molecule has 104 valence electrons. The highest BCUT2D eigenvalue weighted by Crippen LogP contribution is 2.18. The molecule has 4 N–H and O–H groups in total. The van der Waals surface area contributed by atoms with Gasteiger partial charge in [-0.2, -0.15) is 5.10 Å². The Balaban J connectivity index is 1.61. The van der Waals surface area contributed by atoms with Crippen molar-refractivity contribution in [3.8, 4) is 0 Å². The summed E-state index contributed by atoms with van der Waals surface area (Å²) in [6.07, 6.45) is 3.12. The number of hydrogen-bond donors (Lipinski definition) is 3. The maximum Gasteiger partial charge on any atom is 0.145 e. The third kappa shape index (κ3) is 2.67. The van der Waals surface area contributed by atoms with E-state index in [-0.39, 0.29) is 0 Å². The molecule has 5 heteroatoms. The normalized spacial score (nSPS) is 11.5. The first-order valence-corrected chi connectivity index (χ1v) is 6.75. The standard InChI is InChI=1S/C15H19N5/c1-20(10-12-8-15(16)19-18-12)7-6-11-9-17-14-5-3-2-4-13(11)14/h2-5,8-9,17H,6-7,10H2,1H3,(H3,16,18,19). The van der Waals surface area contributed by atoms with E-state index in [2.05, 4.69) is 57.6 Å². The SMILES string of the molecule is CN(CCc1c[nH]c2ccccc12)Cc1cc(N)n[nH]1. The summed E-state index contributed by atoms with van der Waals surface area (Å²) in [5.74, 6) is 0.546. The lowest BCUT2D eigenvalue weighted by Gasteiger charge is -2.14. The molecular weight excluding hydrogens is 250 g/mol. The summed E-state index contributed by atoms with van der Waals surface area (Å²) in [6, 6.07) is 10.3. The first-order chi connectivity index (χ1) is 9.72. The van der Waals surface area contributed by atoms with Crippen molar-refractivity contribution in [2.24, 2.45) is 0 Å². The molecule has 2 aromatic heterocycles. The third-order valence-electron chi connectivity index (χ3n) is 3.53. The monoisotopic (exact) mass is 269 g/mol. The first-order valence-electron chi connectivity index (χ1n) is 6.75. The molecule has 0 saturated carbocycles. The minimum absolute atomic E-state index is 0.546. The van der Waals surface area contributed by atoms with Gasteiger partial charge in [0.2, 0.25) is 0 Å². The highest BCUT2D eigenvalue weighted by atomic mass is 15.2. The molecule has 0 saturated heterocycles. The summed E-state index contributed by atoms with van der Waals surface area (Å²) < 4.78 is 0. The summed E-state index contributed by atoms with van der Waals surface area (Å²) in [4.78, 5) is 5.57. The van der Waals surface area contributed by atoms with Crippen LogP contribution in [-0.4, -0.2) is 33.7 Å². The lowest BCUT2D eigenvalue weighted by Crippen LogP contribution is -2.20. The van der Waals surface area contributed by atoms with E-state index >= 15 is 0 Å². The second-order valence-electron chi connectivity index (χ2n) is 5.17. The van der Waals surface area contributed by atoms with E-state index in [4.69, 9.17) is 5.73 Å². The van der Waals surface area contributed by atoms with E-state index in [0.29, 0.717) is 5.82 Å². The molecule has 3 aromatic rings. The zero-order chi connectivity index (χ0) is 13.9. The number of rotatable bonds is 5. The number of para-hydroxylation sites is 1. The molecule has 0 aliphatic rings. The number of aromatic amines is 2. The highest BCUT2D eigenvalue weighted by molar-refractivity contribution is 5.83. The van der Waals surface area contributed by atoms with Crippen molar-refractivity contribution in [3.05, 3.63) is 47.8 Å². The van der Waals surface area contributed by atoms with E-state index in [0.717, 1.165) is 25.2 Å². The molecule has 0 spiro atoms. The fourth-order valence-electron chi connectivity index (χ4n) is 2.48. The maximum absolute atomic E-state index is 5.60. The van der Waals surface area contributed by atoms with Crippen LogP contribution in [0.1, 0.15) is 11.3 Å². The van der Waals surface area contributed by atoms with Gasteiger partial charge in [-0.05, 0) is 25.1 Å². The van der Waals surface area contributed by atoms with E-state index in [1.54, 1.807) is 0 Å². The van der Waals surface area contributed by atoms with Gasteiger partial charge in [0.1, 0.15) is 5.82 Å². The van der Waals surface area contributed by atoms with Crippen LogP contribution in [0.2, 0.25) is 0 Å². The largest absolute Gasteiger partial charge is 0.382 e. The molecule has 5 nitrogen and oxygen atoms in total. The molecule has 0 bridgehead atoms. The number of nitrogen functional groups attached to an aromatic ring is 1. The van der Waals surface area contributed by atoms with Crippen molar-refractivity contribution < 1.29 is 0 Å². The average molecular weight is 269 g/mol. The van der Waals surface area contributed by atoms with Crippen molar-refractivity contribution in [2.45, 2.75) is 13.0 Å². The van der Waals surface area contributed by atoms with Crippen LogP contribution in [0, 0.1) is 0 Å². The Kier molecular flexibility index (Phi) is 3.43. The number of fused-ring (bicyclic) bond motifs is 1. The Labute approximate surface area is 117 Å². The van der Waals surface area contributed by atoms with E-state index in [1.807, 2.05) is 6.07 Å². The van der Waals surface area contributed by atoms with Crippen LogP contribution in [0.25, 0.3) is 10.9 Å². The van der Waals surface area contributed by atoms with Gasteiger partial charge < -0.3 is 15.6 Å². The van der Waals surface area contributed by atoms with Crippen LogP contribution >= 0.6 is 0 Å². The van der Waals surface area contributed by atoms with Gasteiger partial charge in [0.15, 0.2) is 0 Å². The summed E-state index contributed by atoms with van der Waals surface area (Å²) in [6.45, 7) is 1.81. The van der Waals surface area contributed by atoms with Crippen molar-refractivity contribution in [3.63, 3.8) is 0 Å². The molecule has 20 heavy (non-hydrogen) atoms.